The molecule has 2 aromatic carbocycles. The maximum absolute atomic E-state index is 12.7. The summed E-state index contributed by atoms with van der Waals surface area (Å²) in [4.78, 5) is 27.5. The van der Waals surface area contributed by atoms with Crippen LogP contribution in [0, 0.1) is 0 Å². The van der Waals surface area contributed by atoms with Gasteiger partial charge < -0.3 is 15.5 Å². The molecule has 3 amide bonds. The first-order valence-electron chi connectivity index (χ1n) is 8.42. The molecule has 1 aliphatic heterocycles. The summed E-state index contributed by atoms with van der Waals surface area (Å²) < 4.78 is 0. The lowest BCUT2D eigenvalue weighted by Gasteiger charge is -2.17. The Labute approximate surface area is 165 Å². The number of benzene rings is 2. The molecule has 3 aromatic rings. The van der Waals surface area contributed by atoms with Crippen LogP contribution < -0.4 is 15.5 Å². The van der Waals surface area contributed by atoms with Gasteiger partial charge in [-0.3, -0.25) is 4.79 Å². The molecule has 0 unspecified atom stereocenters. The summed E-state index contributed by atoms with van der Waals surface area (Å²) >= 11 is 7.49. The van der Waals surface area contributed by atoms with Gasteiger partial charge in [-0.2, -0.15) is 0 Å². The second-order valence-electron chi connectivity index (χ2n) is 6.09. The number of carbonyl (C=O) groups excluding carboxylic acids is 2. The van der Waals surface area contributed by atoms with E-state index >= 15 is 0 Å². The van der Waals surface area contributed by atoms with Crippen molar-refractivity contribution in [3.8, 4) is 0 Å². The molecule has 0 aliphatic carbocycles. The zero-order chi connectivity index (χ0) is 18.8. The van der Waals surface area contributed by atoms with Crippen molar-refractivity contribution in [2.75, 3.05) is 22.1 Å². The molecule has 1 aliphatic rings. The van der Waals surface area contributed by atoms with Crippen LogP contribution in [0.15, 0.2) is 60.0 Å². The van der Waals surface area contributed by atoms with Crippen molar-refractivity contribution >= 4 is 51.9 Å². The minimum atomic E-state index is -0.391. The minimum absolute atomic E-state index is 0.0126. The number of para-hydroxylation sites is 1. The van der Waals surface area contributed by atoms with Crippen LogP contribution in [0.2, 0.25) is 5.02 Å². The summed E-state index contributed by atoms with van der Waals surface area (Å²) in [6.07, 6.45) is 0.804. The van der Waals surface area contributed by atoms with E-state index < -0.39 is 6.03 Å². The first-order chi connectivity index (χ1) is 13.1. The maximum Gasteiger partial charge on any atom is 0.323 e. The van der Waals surface area contributed by atoms with Crippen LogP contribution in [0.4, 0.5) is 21.9 Å². The Morgan fingerprint density at radius 3 is 2.67 bits per heavy atom. The number of hydrogen-bond acceptors (Lipinski definition) is 3. The van der Waals surface area contributed by atoms with Crippen LogP contribution in [0.5, 0.6) is 0 Å². The van der Waals surface area contributed by atoms with Crippen LogP contribution in [-0.2, 0) is 6.42 Å². The summed E-state index contributed by atoms with van der Waals surface area (Å²) in [6, 6.07) is 15.9. The van der Waals surface area contributed by atoms with E-state index in [0.29, 0.717) is 27.8 Å². The number of nitrogens with one attached hydrogen (secondary N) is 2. The van der Waals surface area contributed by atoms with Gasteiger partial charge in [0, 0.05) is 17.9 Å². The molecule has 0 fully saturated rings. The van der Waals surface area contributed by atoms with Gasteiger partial charge in [0.1, 0.15) is 0 Å². The molecule has 0 bridgehead atoms. The van der Waals surface area contributed by atoms with E-state index in [2.05, 4.69) is 10.6 Å². The predicted octanol–water partition coefficient (Wildman–Crippen LogP) is 5.25. The number of amides is 3. The number of nitrogens with zero attached hydrogens (tertiary/aromatic N) is 1. The second kappa shape index (κ2) is 7.42. The largest absolute Gasteiger partial charge is 0.323 e. The maximum atomic E-state index is 12.7. The molecular formula is C20H16ClN3O2S. The highest BCUT2D eigenvalue weighted by Crippen LogP contribution is 2.32. The van der Waals surface area contributed by atoms with Gasteiger partial charge in [-0.1, -0.05) is 35.9 Å². The number of urea groups is 1. The van der Waals surface area contributed by atoms with E-state index in [-0.39, 0.29) is 5.91 Å². The Kier molecular flexibility index (Phi) is 4.83. The van der Waals surface area contributed by atoms with Crippen molar-refractivity contribution in [3.05, 3.63) is 75.4 Å². The average molecular weight is 398 g/mol. The number of thiophene rings is 1. The van der Waals surface area contributed by atoms with Gasteiger partial charge in [0.15, 0.2) is 0 Å². The van der Waals surface area contributed by atoms with E-state index in [4.69, 9.17) is 11.6 Å². The monoisotopic (exact) mass is 397 g/mol. The van der Waals surface area contributed by atoms with Gasteiger partial charge in [0.05, 0.1) is 15.6 Å². The Balaban J connectivity index is 1.51. The second-order valence-corrected chi connectivity index (χ2v) is 7.44. The van der Waals surface area contributed by atoms with Gasteiger partial charge in [-0.15, -0.1) is 11.3 Å². The first kappa shape index (κ1) is 17.6. The van der Waals surface area contributed by atoms with Gasteiger partial charge in [-0.05, 0) is 47.7 Å². The summed E-state index contributed by atoms with van der Waals surface area (Å²) in [7, 11) is 0. The smallest absolute Gasteiger partial charge is 0.308 e. The van der Waals surface area contributed by atoms with E-state index in [0.717, 1.165) is 17.7 Å². The molecule has 0 spiro atoms. The van der Waals surface area contributed by atoms with Crippen molar-refractivity contribution in [2.24, 2.45) is 0 Å². The highest BCUT2D eigenvalue weighted by Gasteiger charge is 2.26. The molecule has 0 saturated carbocycles. The summed E-state index contributed by atoms with van der Waals surface area (Å²) in [5, 5.41) is 7.88. The van der Waals surface area contributed by atoms with E-state index in [1.807, 2.05) is 35.7 Å². The van der Waals surface area contributed by atoms with Crippen LogP contribution in [0.25, 0.3) is 0 Å². The molecular weight excluding hydrogens is 382 g/mol. The van der Waals surface area contributed by atoms with Crippen molar-refractivity contribution in [2.45, 2.75) is 6.42 Å². The molecule has 0 radical (unpaired) electrons. The van der Waals surface area contributed by atoms with Gasteiger partial charge >= 0.3 is 6.03 Å². The van der Waals surface area contributed by atoms with Crippen LogP contribution >= 0.6 is 22.9 Å². The number of carbonyl (C=O) groups is 2. The third kappa shape index (κ3) is 3.67. The Morgan fingerprint density at radius 1 is 1.04 bits per heavy atom. The molecule has 0 atom stereocenters. The lowest BCUT2D eigenvalue weighted by atomic mass is 10.1. The van der Waals surface area contributed by atoms with Crippen LogP contribution in [-0.4, -0.2) is 18.5 Å². The Bertz CT molecular complexity index is 1000. The van der Waals surface area contributed by atoms with Crippen molar-refractivity contribution in [3.63, 3.8) is 0 Å². The number of rotatable bonds is 3. The van der Waals surface area contributed by atoms with Crippen molar-refractivity contribution in [1.82, 2.24) is 0 Å². The Hall–Kier alpha value is -2.83. The minimum Gasteiger partial charge on any atom is -0.308 e. The number of hydrogen-bond donors (Lipinski definition) is 2. The third-order valence-electron chi connectivity index (χ3n) is 4.34. The van der Waals surface area contributed by atoms with Gasteiger partial charge in [-0.25, -0.2) is 4.79 Å². The topological polar surface area (TPSA) is 61.4 Å². The Morgan fingerprint density at radius 2 is 1.89 bits per heavy atom. The average Bonchev–Trinajstić information content (AvgIpc) is 3.32. The SMILES string of the molecule is O=C(Nc1ccc2c(c1)N(C(=O)c1cccs1)CC2)Nc1ccccc1Cl. The highest BCUT2D eigenvalue weighted by atomic mass is 35.5. The van der Waals surface area contributed by atoms with E-state index in [1.54, 1.807) is 29.2 Å². The molecule has 7 heteroatoms. The number of anilines is 3. The molecule has 1 aromatic heterocycles. The summed E-state index contributed by atoms with van der Waals surface area (Å²) in [5.74, 6) is -0.0126. The molecule has 136 valence electrons. The molecule has 0 saturated heterocycles. The highest BCUT2D eigenvalue weighted by molar-refractivity contribution is 7.12. The summed E-state index contributed by atoms with van der Waals surface area (Å²) in [5.41, 5.74) is 3.08. The number of halogens is 1. The molecule has 2 N–H and O–H groups in total. The van der Waals surface area contributed by atoms with Crippen LogP contribution in [0.1, 0.15) is 15.2 Å². The normalized spacial score (nSPS) is 12.6. The lowest BCUT2D eigenvalue weighted by Crippen LogP contribution is -2.28. The molecule has 4 rings (SSSR count). The van der Waals surface area contributed by atoms with E-state index in [1.165, 1.54) is 11.3 Å². The predicted molar refractivity (Wildman–Crippen MR) is 110 cm³/mol. The molecule has 2 heterocycles. The van der Waals surface area contributed by atoms with Crippen molar-refractivity contribution in [1.29, 1.82) is 0 Å². The molecule has 5 nitrogen and oxygen atoms in total. The van der Waals surface area contributed by atoms with Gasteiger partial charge in [0.2, 0.25) is 0 Å². The zero-order valence-electron chi connectivity index (χ0n) is 14.2. The third-order valence-corrected chi connectivity index (χ3v) is 5.53. The summed E-state index contributed by atoms with van der Waals surface area (Å²) in [6.45, 7) is 0.640. The first-order valence-corrected chi connectivity index (χ1v) is 9.68. The van der Waals surface area contributed by atoms with Crippen molar-refractivity contribution < 1.29 is 9.59 Å². The fourth-order valence-corrected chi connectivity index (χ4v) is 3.90. The standard InChI is InChI=1S/C20H16ClN3O2S/c21-15-4-1-2-5-16(15)23-20(26)22-14-8-7-13-9-10-24(17(13)12-14)19(25)18-6-3-11-27-18/h1-8,11-12H,9-10H2,(H2,22,23,26). The molecule has 27 heavy (non-hydrogen) atoms. The van der Waals surface area contributed by atoms with Gasteiger partial charge in [0.25, 0.3) is 5.91 Å². The lowest BCUT2D eigenvalue weighted by molar-refractivity contribution is 0.0993. The van der Waals surface area contributed by atoms with E-state index in [9.17, 15) is 9.59 Å². The quantitative estimate of drug-likeness (QED) is 0.634. The fourth-order valence-electron chi connectivity index (χ4n) is 3.05. The number of fused-ring (bicyclic) bond motifs is 1. The van der Waals surface area contributed by atoms with Crippen LogP contribution in [0.3, 0.4) is 0 Å². The fraction of sp³-hybridized carbons (Fsp3) is 0.100. The zero-order valence-corrected chi connectivity index (χ0v) is 15.8.